The third kappa shape index (κ3) is 16.1. The summed E-state index contributed by atoms with van der Waals surface area (Å²) in [5.74, 6) is -1.51. The average molecular weight is 1470 g/mol. The van der Waals surface area contributed by atoms with Crippen molar-refractivity contribution in [2.24, 2.45) is 0 Å². The molecular formula is C75H67Cl6F3N10O6. The minimum Gasteiger partial charge on any atom is -0.372 e. The van der Waals surface area contributed by atoms with Crippen molar-refractivity contribution in [2.45, 2.75) is 90.1 Å². The summed E-state index contributed by atoms with van der Waals surface area (Å²) in [5, 5.41) is 22.0. The summed E-state index contributed by atoms with van der Waals surface area (Å²) in [6.45, 7) is 4.81. The number of fused-ring (bicyclic) bond motifs is 3. The summed E-state index contributed by atoms with van der Waals surface area (Å²) in [6, 6.07) is 34.3. The Morgan fingerprint density at radius 1 is 0.420 bits per heavy atom. The number of amides is 3. The number of piperidine rings is 2. The zero-order valence-corrected chi connectivity index (χ0v) is 58.5. The van der Waals surface area contributed by atoms with Crippen molar-refractivity contribution in [2.75, 3.05) is 46.0 Å². The topological polar surface area (TPSA) is 163 Å². The highest BCUT2D eigenvalue weighted by atomic mass is 35.5. The Morgan fingerprint density at radius 3 is 1.15 bits per heavy atom. The maximum atomic E-state index is 13.4. The number of likely N-dealkylation sites (tertiary alicyclic amines) is 1. The molecule has 2 N–H and O–H groups in total. The van der Waals surface area contributed by atoms with E-state index in [2.05, 4.69) is 10.7 Å². The minimum absolute atomic E-state index is 0.0959. The summed E-state index contributed by atoms with van der Waals surface area (Å²) >= 11 is 37.9. The molecular weight excluding hydrogens is 1410 g/mol. The highest BCUT2D eigenvalue weighted by molar-refractivity contribution is 6.37. The van der Waals surface area contributed by atoms with Gasteiger partial charge in [0, 0.05) is 80.7 Å². The van der Waals surface area contributed by atoms with Crippen LogP contribution in [0.3, 0.4) is 0 Å². The van der Waals surface area contributed by atoms with Gasteiger partial charge in [0.25, 0.3) is 17.7 Å². The summed E-state index contributed by atoms with van der Waals surface area (Å²) in [6.07, 6.45) is 16.3. The molecule has 3 amide bonds. The van der Waals surface area contributed by atoms with Gasteiger partial charge in [-0.25, -0.2) is 32.2 Å². The first-order valence-corrected chi connectivity index (χ1v) is 35.3. The van der Waals surface area contributed by atoms with E-state index in [-0.39, 0.29) is 66.7 Å². The van der Waals surface area contributed by atoms with E-state index < -0.39 is 0 Å². The van der Waals surface area contributed by atoms with Crippen molar-refractivity contribution >= 4 is 122 Å². The largest absolute Gasteiger partial charge is 0.372 e. The molecule has 9 aromatic rings. The maximum absolute atomic E-state index is 13.4. The van der Waals surface area contributed by atoms with Crippen molar-refractivity contribution in [1.29, 1.82) is 0 Å². The number of carbonyl (C=O) groups excluding carboxylic acids is 3. The van der Waals surface area contributed by atoms with Crippen LogP contribution in [-0.2, 0) is 34.0 Å². The summed E-state index contributed by atoms with van der Waals surface area (Å²) in [7, 11) is 0. The molecule has 6 aromatic carbocycles. The highest BCUT2D eigenvalue weighted by Gasteiger charge is 2.35. The molecule has 5 aliphatic heterocycles. The second-order valence-corrected chi connectivity index (χ2v) is 27.5. The molecule has 516 valence electrons. The molecule has 1 aliphatic carbocycles. The highest BCUT2D eigenvalue weighted by Crippen LogP contribution is 2.40. The quantitative estimate of drug-likeness (QED) is 0.127. The molecule has 0 spiro atoms. The second-order valence-electron chi connectivity index (χ2n) is 25.0. The van der Waals surface area contributed by atoms with Crippen LogP contribution in [0.25, 0.3) is 52.0 Å². The first-order valence-electron chi connectivity index (χ1n) is 33.0. The third-order valence-corrected chi connectivity index (χ3v) is 19.6. The molecule has 0 unspecified atom stereocenters. The fourth-order valence-corrected chi connectivity index (χ4v) is 14.6. The molecule has 0 atom stereocenters. The van der Waals surface area contributed by atoms with E-state index in [9.17, 15) is 27.6 Å². The van der Waals surface area contributed by atoms with Gasteiger partial charge in [0.05, 0.1) is 88.9 Å². The molecule has 0 bridgehead atoms. The first-order chi connectivity index (χ1) is 48.5. The normalized spacial score (nSPS) is 17.4. The van der Waals surface area contributed by atoms with E-state index in [1.165, 1.54) is 36.4 Å². The van der Waals surface area contributed by atoms with Crippen molar-refractivity contribution in [3.63, 3.8) is 0 Å². The van der Waals surface area contributed by atoms with E-state index in [1.807, 2.05) is 28.1 Å². The van der Waals surface area contributed by atoms with Gasteiger partial charge >= 0.3 is 0 Å². The summed E-state index contributed by atoms with van der Waals surface area (Å²) < 4.78 is 62.8. The lowest BCUT2D eigenvalue weighted by Crippen LogP contribution is -2.45. The van der Waals surface area contributed by atoms with Crippen LogP contribution in [-0.4, -0.2) is 109 Å². The van der Waals surface area contributed by atoms with Crippen molar-refractivity contribution in [3.05, 3.63) is 243 Å². The number of nitrogens with one attached hydrogen (secondary N) is 2. The van der Waals surface area contributed by atoms with Crippen molar-refractivity contribution < 1.29 is 41.8 Å². The number of hydrazine groups is 1. The van der Waals surface area contributed by atoms with Gasteiger partial charge < -0.3 is 24.4 Å². The van der Waals surface area contributed by atoms with Crippen LogP contribution in [0.5, 0.6) is 0 Å². The van der Waals surface area contributed by atoms with Crippen LogP contribution in [0.15, 0.2) is 127 Å². The summed E-state index contributed by atoms with van der Waals surface area (Å²) in [4.78, 5) is 41.8. The van der Waals surface area contributed by atoms with Crippen LogP contribution in [0.2, 0.25) is 30.1 Å². The standard InChI is InChI=1S/C25H23Cl2FN4O2.2C25H22Cl2FN3O2/c26-18-6-9-22(21(27)13-18)32-24-17(12-16-4-7-19(28)8-5-16)14-34-15-20(24)23(29-32)25(33)30-31-10-2-1-3-11-31;26-18-6-9-22(21(27)13-18)31-24-17(12-16-4-7-19(28)8-5-16)14-33-15-20(24)23(29-31)25(32)30-10-2-1-3-11-30;26-17-7-10-22(21(27)12-17)31-24-16(11-15-5-8-18(28)9-6-15)13-33-14-20(24)23(30-31)25(32)29-19-3-1-2-4-19/h4-9,12-13H,1-3,10-11,14-15H2,(H,30,33);4-9,12-13H,1-3,10-11,14-15H2;5-12,19H,1-4,13-14H2,(H,29,32)/b2*17-12+;16-11+. The predicted molar refractivity (Wildman–Crippen MR) is 385 cm³/mol. The number of ether oxygens (including phenoxy) is 3. The number of nitrogens with zero attached hydrogens (tertiary/aromatic N) is 8. The number of hydrogen-bond donors (Lipinski definition) is 2. The lowest BCUT2D eigenvalue weighted by molar-refractivity contribution is 0.0709. The van der Waals surface area contributed by atoms with Crippen LogP contribution in [0.1, 0.15) is 146 Å². The Kier molecular flexibility index (Phi) is 22.4. The van der Waals surface area contributed by atoms with E-state index in [4.69, 9.17) is 99.1 Å². The third-order valence-electron chi connectivity index (χ3n) is 18.0. The van der Waals surface area contributed by atoms with Gasteiger partial charge in [-0.2, -0.15) is 15.3 Å². The lowest BCUT2D eigenvalue weighted by Gasteiger charge is -2.26. The van der Waals surface area contributed by atoms with Crippen molar-refractivity contribution in [1.82, 2.24) is 50.0 Å². The Labute approximate surface area is 605 Å². The van der Waals surface area contributed by atoms with Gasteiger partial charge in [-0.1, -0.05) is 125 Å². The van der Waals surface area contributed by atoms with Crippen LogP contribution >= 0.6 is 69.6 Å². The zero-order chi connectivity index (χ0) is 69.6. The Bertz CT molecular complexity index is 4640. The number of aromatic nitrogens is 6. The monoisotopic (exact) mass is 1470 g/mol. The van der Waals surface area contributed by atoms with Crippen LogP contribution in [0, 0.1) is 17.5 Å². The molecule has 3 aromatic heterocycles. The number of carbonyl (C=O) groups is 3. The molecule has 100 heavy (non-hydrogen) atoms. The number of rotatable bonds is 11. The van der Waals surface area contributed by atoms with Gasteiger partial charge in [-0.15, -0.1) is 0 Å². The second kappa shape index (κ2) is 31.9. The fourth-order valence-electron chi connectivity index (χ4n) is 13.1. The number of hydrogen-bond acceptors (Lipinski definition) is 10. The van der Waals surface area contributed by atoms with Crippen molar-refractivity contribution in [3.8, 4) is 17.1 Å². The van der Waals surface area contributed by atoms with Gasteiger partial charge in [0.2, 0.25) is 0 Å². The van der Waals surface area contributed by atoms with Crippen LogP contribution in [0.4, 0.5) is 13.2 Å². The molecule has 2 saturated heterocycles. The van der Waals surface area contributed by atoms with Crippen LogP contribution < -0.4 is 10.7 Å². The molecule has 0 radical (unpaired) electrons. The molecule has 1 saturated carbocycles. The Balaban J connectivity index is 0.000000134. The zero-order valence-electron chi connectivity index (χ0n) is 54.0. The SMILES string of the molecule is O=C(NC1CCCC1)c1nn(-c2ccc(Cl)cc2Cl)c2c1COC/C2=C\c1ccc(F)cc1.O=C(NN1CCCCC1)c1nn(-c2ccc(Cl)cc2Cl)c2c1COC/C2=C\c1ccc(F)cc1.O=C(c1nn(-c2ccc(Cl)cc2Cl)c2c1COC/C2=C\c1ccc(F)cc1)N1CCCCC1. The molecule has 16 nitrogen and oxygen atoms in total. The Hall–Kier alpha value is -8.05. The van der Waals surface area contributed by atoms with Gasteiger partial charge in [0.1, 0.15) is 17.5 Å². The molecule has 15 rings (SSSR count). The summed E-state index contributed by atoms with van der Waals surface area (Å²) in [5.41, 5.74) is 15.1. The lowest BCUT2D eigenvalue weighted by atomic mass is 10.0. The predicted octanol–water partition coefficient (Wildman–Crippen LogP) is 17.6. The number of benzene rings is 6. The average Bonchev–Trinajstić information content (AvgIpc) is 1.61. The molecule has 8 heterocycles. The number of halogens is 9. The van der Waals surface area contributed by atoms with Gasteiger partial charge in [-0.05, 0) is 171 Å². The molecule has 25 heteroatoms. The van der Waals surface area contributed by atoms with E-state index >= 15 is 0 Å². The molecule has 3 fully saturated rings. The Morgan fingerprint density at radius 2 is 0.770 bits per heavy atom. The van der Waals surface area contributed by atoms with E-state index in [0.717, 1.165) is 146 Å². The van der Waals surface area contributed by atoms with E-state index in [0.29, 0.717) is 89.5 Å². The minimum atomic E-state index is -0.308. The maximum Gasteiger partial charge on any atom is 0.286 e. The van der Waals surface area contributed by atoms with E-state index in [1.54, 1.807) is 105 Å². The molecule has 6 aliphatic rings. The fraction of sp³-hybridized carbons (Fsp3) is 0.280. The van der Waals surface area contributed by atoms with Gasteiger partial charge in [0.15, 0.2) is 17.1 Å². The van der Waals surface area contributed by atoms with Gasteiger partial charge in [-0.3, -0.25) is 19.8 Å². The first kappa shape index (κ1) is 70.4. The smallest absolute Gasteiger partial charge is 0.286 e.